The van der Waals surface area contributed by atoms with Crippen molar-refractivity contribution in [3.05, 3.63) is 272 Å². The zero-order chi connectivity index (χ0) is 61.2. The summed E-state index contributed by atoms with van der Waals surface area (Å²) in [7, 11) is 0. The highest BCUT2D eigenvalue weighted by Crippen LogP contribution is 2.55. The van der Waals surface area contributed by atoms with E-state index in [-0.39, 0.29) is 0 Å². The number of nitrogens with zero attached hydrogens (tertiary/aromatic N) is 4. The van der Waals surface area contributed by atoms with Crippen LogP contribution in [-0.2, 0) is 0 Å². The van der Waals surface area contributed by atoms with E-state index in [9.17, 15) is 5.26 Å². The number of fused-ring (bicyclic) bond motifs is 27. The summed E-state index contributed by atoms with van der Waals surface area (Å²) in [5.74, 6) is 0. The number of furan rings is 5. The third-order valence-electron chi connectivity index (χ3n) is 20.1. The lowest BCUT2D eigenvalue weighted by Gasteiger charge is -2.29. The molecular formula is C85H44N4O5. The number of hydrogen-bond acceptors (Lipinski definition) is 6. The van der Waals surface area contributed by atoms with Crippen LogP contribution in [0.25, 0.3) is 214 Å². The summed E-state index contributed by atoms with van der Waals surface area (Å²) in [6.45, 7) is 0. The molecule has 0 amide bonds. The second-order valence-electron chi connectivity index (χ2n) is 24.8. The van der Waals surface area contributed by atoms with Crippen molar-refractivity contribution < 1.29 is 22.1 Å². The first-order chi connectivity index (χ1) is 46.6. The van der Waals surface area contributed by atoms with Crippen LogP contribution in [0.4, 0.5) is 0 Å². The quantitative estimate of drug-likeness (QED) is 0.170. The molecule has 8 aromatic heterocycles. The average Bonchev–Trinajstić information content (AvgIpc) is 1.45. The Bertz CT molecular complexity index is 6880. The van der Waals surface area contributed by atoms with Crippen LogP contribution in [0.2, 0.25) is 0 Å². The van der Waals surface area contributed by atoms with E-state index in [4.69, 9.17) is 22.1 Å². The lowest BCUT2D eigenvalue weighted by molar-refractivity contribution is 0.668. The molecule has 8 heterocycles. The fraction of sp³-hybridized carbons (Fsp3) is 0. The van der Waals surface area contributed by atoms with Gasteiger partial charge in [-0.2, -0.15) is 5.26 Å². The summed E-state index contributed by atoms with van der Waals surface area (Å²) in [5.41, 5.74) is 19.1. The Kier molecular flexibility index (Phi) is 9.59. The van der Waals surface area contributed by atoms with Crippen LogP contribution in [0, 0.1) is 11.3 Å². The van der Waals surface area contributed by atoms with Gasteiger partial charge in [0.15, 0.2) is 0 Å². The first kappa shape index (κ1) is 49.8. The van der Waals surface area contributed by atoms with Gasteiger partial charge in [-0.1, -0.05) is 158 Å². The van der Waals surface area contributed by atoms with Crippen LogP contribution in [-0.4, -0.2) is 13.7 Å². The predicted octanol–water partition coefficient (Wildman–Crippen LogP) is 23.7. The van der Waals surface area contributed by atoms with Gasteiger partial charge in [0.2, 0.25) is 0 Å². The van der Waals surface area contributed by atoms with Crippen molar-refractivity contribution >= 4 is 175 Å². The molecule has 94 heavy (non-hydrogen) atoms. The maximum Gasteiger partial charge on any atom is 0.145 e. The van der Waals surface area contributed by atoms with E-state index < -0.39 is 0 Å². The number of hydrogen-bond donors (Lipinski definition) is 0. The summed E-state index contributed by atoms with van der Waals surface area (Å²) in [6, 6.07) is 96.6. The molecule has 22 aromatic rings. The van der Waals surface area contributed by atoms with E-state index in [1.54, 1.807) is 0 Å². The van der Waals surface area contributed by atoms with Gasteiger partial charge in [-0.25, -0.2) is 0 Å². The van der Waals surface area contributed by atoms with E-state index in [2.05, 4.69) is 232 Å². The predicted molar refractivity (Wildman–Crippen MR) is 381 cm³/mol. The highest BCUT2D eigenvalue weighted by atomic mass is 16.3. The van der Waals surface area contributed by atoms with Crippen LogP contribution >= 0.6 is 0 Å². The van der Waals surface area contributed by atoms with E-state index in [0.29, 0.717) is 16.7 Å². The van der Waals surface area contributed by atoms with Crippen LogP contribution in [0.15, 0.2) is 289 Å². The third-order valence-corrected chi connectivity index (χ3v) is 20.1. The SMILES string of the molecule is N#Cc1c(-c2ccc3oc4ccccc4c3c2)c(-n2c3ccccc3c3c4oc5ccccc5c4ccc32)c(-n2c3ccccc3c3c4oc5ccccc5c4ccc32)c(-n2c3ccccc3c3c4oc5ccccc5c4ccc32)c1-c1ccc2oc3ccccc3c2c1. The van der Waals surface area contributed by atoms with Crippen molar-refractivity contribution in [1.29, 1.82) is 5.26 Å². The second kappa shape index (κ2) is 18.1. The van der Waals surface area contributed by atoms with Crippen molar-refractivity contribution in [3.63, 3.8) is 0 Å². The normalized spacial score (nSPS) is 12.5. The maximum atomic E-state index is 13.2. The highest BCUT2D eigenvalue weighted by Gasteiger charge is 2.36. The van der Waals surface area contributed by atoms with Gasteiger partial charge in [-0.15, -0.1) is 0 Å². The fourth-order valence-corrected chi connectivity index (χ4v) is 16.2. The molecule has 0 N–H and O–H groups in total. The van der Waals surface area contributed by atoms with Gasteiger partial charge in [0.05, 0.1) is 71.9 Å². The van der Waals surface area contributed by atoms with Gasteiger partial charge in [-0.3, -0.25) is 0 Å². The molecule has 0 unspecified atom stereocenters. The van der Waals surface area contributed by atoms with E-state index >= 15 is 0 Å². The minimum absolute atomic E-state index is 0.458. The molecule has 9 nitrogen and oxygen atoms in total. The summed E-state index contributed by atoms with van der Waals surface area (Å²) in [6.07, 6.45) is 0. The summed E-state index contributed by atoms with van der Waals surface area (Å²) >= 11 is 0. The first-order valence-corrected chi connectivity index (χ1v) is 31.6. The van der Waals surface area contributed by atoms with Crippen molar-refractivity contribution in [2.75, 3.05) is 0 Å². The molecule has 22 rings (SSSR count). The van der Waals surface area contributed by atoms with Crippen molar-refractivity contribution in [3.8, 4) is 45.4 Å². The zero-order valence-corrected chi connectivity index (χ0v) is 49.7. The van der Waals surface area contributed by atoms with Crippen LogP contribution in [0.3, 0.4) is 0 Å². The smallest absolute Gasteiger partial charge is 0.145 e. The van der Waals surface area contributed by atoms with Gasteiger partial charge >= 0.3 is 0 Å². The van der Waals surface area contributed by atoms with Gasteiger partial charge < -0.3 is 35.8 Å². The molecule has 0 fully saturated rings. The third kappa shape index (κ3) is 6.40. The van der Waals surface area contributed by atoms with Crippen LogP contribution in [0.5, 0.6) is 0 Å². The Morgan fingerprint density at radius 2 is 0.521 bits per heavy atom. The maximum absolute atomic E-state index is 13.2. The highest BCUT2D eigenvalue weighted by molar-refractivity contribution is 6.29. The van der Waals surface area contributed by atoms with E-state index in [0.717, 1.165) is 203 Å². The Hall–Kier alpha value is -13.0. The Morgan fingerprint density at radius 3 is 0.872 bits per heavy atom. The molecule has 0 saturated heterocycles. The Balaban J connectivity index is 1.05. The number of para-hydroxylation sites is 8. The van der Waals surface area contributed by atoms with Crippen LogP contribution in [0.1, 0.15) is 5.56 Å². The number of nitriles is 1. The summed E-state index contributed by atoms with van der Waals surface area (Å²) in [5, 5.41) is 28.9. The van der Waals surface area contributed by atoms with E-state index in [1.807, 2.05) is 54.6 Å². The van der Waals surface area contributed by atoms with Crippen LogP contribution < -0.4 is 0 Å². The molecule has 0 saturated carbocycles. The zero-order valence-electron chi connectivity index (χ0n) is 49.7. The van der Waals surface area contributed by atoms with Gasteiger partial charge in [0.25, 0.3) is 0 Å². The largest absolute Gasteiger partial charge is 0.456 e. The minimum atomic E-state index is 0.458. The van der Waals surface area contributed by atoms with E-state index in [1.165, 1.54) is 0 Å². The first-order valence-electron chi connectivity index (χ1n) is 31.6. The lowest BCUT2D eigenvalue weighted by Crippen LogP contribution is -2.14. The standard InChI is InChI=1S/C85H44N4O5/c86-45-61-75(46-33-41-73-59(43-46)51-20-7-12-28-68(51)90-73)80(87-62-25-9-1-22-56(62)77-65(87)38-35-53-48-17-4-14-30-70(48)92-83(53)77)82(89-64-27-11-3-24-58(64)79-67(89)40-37-55-50-19-6-16-32-72(50)94-85(55)79)81(76(61)47-34-42-74-60(44-47)52-21-8-13-29-69(52)91-74)88-63-26-10-2-23-57(63)78-66(88)39-36-54-49-18-5-15-31-71(49)93-84(54)78/h1-44H. The lowest BCUT2D eigenvalue weighted by atomic mass is 9.86. The Morgan fingerprint density at radius 1 is 0.234 bits per heavy atom. The van der Waals surface area contributed by atoms with Gasteiger partial charge in [0, 0.05) is 81.1 Å². The van der Waals surface area contributed by atoms with Crippen molar-refractivity contribution in [1.82, 2.24) is 13.7 Å². The molecule has 0 spiro atoms. The monoisotopic (exact) mass is 1200 g/mol. The van der Waals surface area contributed by atoms with Crippen molar-refractivity contribution in [2.45, 2.75) is 0 Å². The van der Waals surface area contributed by atoms with Gasteiger partial charge in [0.1, 0.15) is 61.9 Å². The minimum Gasteiger partial charge on any atom is -0.456 e. The second-order valence-corrected chi connectivity index (χ2v) is 24.8. The average molecular weight is 1200 g/mol. The Labute approximate surface area is 531 Å². The summed E-state index contributed by atoms with van der Waals surface area (Å²) < 4.78 is 42.0. The molecule has 0 bridgehead atoms. The molecule has 14 aromatic carbocycles. The molecule has 0 radical (unpaired) electrons. The molecular weight excluding hydrogens is 1160 g/mol. The topological polar surface area (TPSA) is 104 Å². The molecule has 0 atom stereocenters. The number of aromatic nitrogens is 3. The molecule has 0 aliphatic rings. The molecule has 0 aliphatic carbocycles. The molecule has 9 heteroatoms. The van der Waals surface area contributed by atoms with Crippen molar-refractivity contribution in [2.24, 2.45) is 0 Å². The fourth-order valence-electron chi connectivity index (χ4n) is 16.2. The van der Waals surface area contributed by atoms with Gasteiger partial charge in [-0.05, 0) is 120 Å². The molecule has 0 aliphatic heterocycles. The number of rotatable bonds is 5. The molecule has 434 valence electrons. The summed E-state index contributed by atoms with van der Waals surface area (Å²) in [4.78, 5) is 0. The number of benzene rings is 14.